The van der Waals surface area contributed by atoms with Crippen LogP contribution in [0.3, 0.4) is 0 Å². The van der Waals surface area contributed by atoms with Crippen LogP contribution in [0.2, 0.25) is 10.0 Å². The van der Waals surface area contributed by atoms with E-state index in [1.54, 1.807) is 30.3 Å². The molecule has 0 aliphatic heterocycles. The number of carbonyl (C=O) groups excluding carboxylic acids is 2. The van der Waals surface area contributed by atoms with Gasteiger partial charge in [0.15, 0.2) is 0 Å². The number of amides is 2. The Morgan fingerprint density at radius 1 is 0.905 bits per heavy atom. The fourth-order valence-electron chi connectivity index (χ4n) is 1.51. The zero-order chi connectivity index (χ0) is 15.4. The third kappa shape index (κ3) is 4.20. The molecule has 108 valence electrons. The van der Waals surface area contributed by atoms with Gasteiger partial charge in [0.05, 0.1) is 16.4 Å². The van der Waals surface area contributed by atoms with Gasteiger partial charge in [-0.15, -0.1) is 0 Å². The van der Waals surface area contributed by atoms with Gasteiger partial charge in [0, 0.05) is 9.50 Å². The van der Waals surface area contributed by atoms with Crippen molar-refractivity contribution in [2.24, 2.45) is 0 Å². The van der Waals surface area contributed by atoms with E-state index in [0.29, 0.717) is 20.9 Å². The summed E-state index contributed by atoms with van der Waals surface area (Å²) in [6.07, 6.45) is 0. The molecule has 0 heterocycles. The summed E-state index contributed by atoms with van der Waals surface area (Å²) >= 11 is 15.0. The summed E-state index contributed by atoms with van der Waals surface area (Å²) in [7, 11) is 0. The second-order valence-electron chi connectivity index (χ2n) is 4.01. The Balaban J connectivity index is 2.06. The maximum atomic E-state index is 11.8. The molecule has 0 spiro atoms. The van der Waals surface area contributed by atoms with Gasteiger partial charge in [-0.05, 0) is 46.3 Å². The van der Waals surface area contributed by atoms with Gasteiger partial charge >= 0.3 is 11.8 Å². The Hall–Kier alpha value is -1.56. The van der Waals surface area contributed by atoms with E-state index in [4.69, 9.17) is 23.2 Å². The number of para-hydroxylation sites is 1. The molecule has 0 bridgehead atoms. The molecule has 21 heavy (non-hydrogen) atoms. The molecule has 2 N–H and O–H groups in total. The predicted molar refractivity (Wildman–Crippen MR) is 87.9 cm³/mol. The lowest BCUT2D eigenvalue weighted by Gasteiger charge is -2.09. The van der Waals surface area contributed by atoms with E-state index in [1.165, 1.54) is 12.1 Å². The molecule has 2 aromatic rings. The zero-order valence-electron chi connectivity index (χ0n) is 10.5. The van der Waals surface area contributed by atoms with Crippen molar-refractivity contribution in [1.82, 2.24) is 0 Å². The highest BCUT2D eigenvalue weighted by atomic mass is 79.9. The van der Waals surface area contributed by atoms with Gasteiger partial charge in [-0.3, -0.25) is 9.59 Å². The van der Waals surface area contributed by atoms with Crippen LogP contribution in [-0.4, -0.2) is 11.8 Å². The number of benzene rings is 2. The minimum absolute atomic E-state index is 0.254. The smallest absolute Gasteiger partial charge is 0.314 e. The van der Waals surface area contributed by atoms with Crippen molar-refractivity contribution in [3.8, 4) is 0 Å². The summed E-state index contributed by atoms with van der Waals surface area (Å²) < 4.78 is 0.677. The lowest BCUT2D eigenvalue weighted by atomic mass is 10.3. The van der Waals surface area contributed by atoms with Gasteiger partial charge in [-0.2, -0.15) is 0 Å². The van der Waals surface area contributed by atoms with Gasteiger partial charge in [-0.25, -0.2) is 0 Å². The highest BCUT2D eigenvalue weighted by Crippen LogP contribution is 2.25. The molecule has 0 aromatic heterocycles. The topological polar surface area (TPSA) is 58.2 Å². The first-order valence-corrected chi connectivity index (χ1v) is 7.34. The van der Waals surface area contributed by atoms with Crippen molar-refractivity contribution in [3.63, 3.8) is 0 Å². The van der Waals surface area contributed by atoms with Crippen LogP contribution < -0.4 is 10.6 Å². The lowest BCUT2D eigenvalue weighted by molar-refractivity contribution is -0.133. The first kappa shape index (κ1) is 15.8. The second-order valence-corrected chi connectivity index (χ2v) is 5.71. The first-order chi connectivity index (χ1) is 9.97. The molecule has 2 rings (SSSR count). The minimum atomic E-state index is -0.824. The molecule has 4 nitrogen and oxygen atoms in total. The van der Waals surface area contributed by atoms with Gasteiger partial charge in [0.1, 0.15) is 0 Å². The highest BCUT2D eigenvalue weighted by Gasteiger charge is 2.16. The Labute approximate surface area is 139 Å². The van der Waals surface area contributed by atoms with E-state index < -0.39 is 11.8 Å². The molecule has 2 amide bonds. The van der Waals surface area contributed by atoms with Crippen molar-refractivity contribution in [3.05, 3.63) is 57.0 Å². The normalized spacial score (nSPS) is 10.0. The second kappa shape index (κ2) is 6.93. The van der Waals surface area contributed by atoms with Crippen LogP contribution in [0.1, 0.15) is 0 Å². The summed E-state index contributed by atoms with van der Waals surface area (Å²) in [5.74, 6) is -1.62. The molecule has 0 aliphatic rings. The summed E-state index contributed by atoms with van der Waals surface area (Å²) in [4.78, 5) is 23.7. The molecule has 0 aliphatic carbocycles. The van der Waals surface area contributed by atoms with E-state index in [0.717, 1.165) is 0 Å². The van der Waals surface area contributed by atoms with E-state index in [2.05, 4.69) is 26.6 Å². The molecule has 0 saturated carbocycles. The van der Waals surface area contributed by atoms with Crippen molar-refractivity contribution >= 4 is 62.3 Å². The first-order valence-electron chi connectivity index (χ1n) is 5.79. The van der Waals surface area contributed by atoms with Crippen molar-refractivity contribution in [1.29, 1.82) is 0 Å². The number of hydrogen-bond donors (Lipinski definition) is 2. The highest BCUT2D eigenvalue weighted by molar-refractivity contribution is 9.10. The van der Waals surface area contributed by atoms with Crippen molar-refractivity contribution in [2.45, 2.75) is 0 Å². The Morgan fingerprint density at radius 3 is 2.14 bits per heavy atom. The molecule has 0 atom stereocenters. The van der Waals surface area contributed by atoms with E-state index >= 15 is 0 Å². The summed E-state index contributed by atoms with van der Waals surface area (Å²) in [5, 5.41) is 5.61. The van der Waals surface area contributed by atoms with Crippen LogP contribution in [0.5, 0.6) is 0 Å². The fourth-order valence-corrected chi connectivity index (χ4v) is 2.35. The summed E-state index contributed by atoms with van der Waals surface area (Å²) in [5.41, 5.74) is 0.813. The molecule has 0 fully saturated rings. The average Bonchev–Trinajstić information content (AvgIpc) is 2.44. The third-order valence-corrected chi connectivity index (χ3v) is 3.75. The molecular formula is C14H9BrCl2N2O2. The average molecular weight is 388 g/mol. The lowest BCUT2D eigenvalue weighted by Crippen LogP contribution is -2.29. The SMILES string of the molecule is O=C(Nc1ccc(Cl)cc1Cl)C(=O)Nc1ccccc1Br. The molecular weight excluding hydrogens is 379 g/mol. The fraction of sp³-hybridized carbons (Fsp3) is 0. The standard InChI is InChI=1S/C14H9BrCl2N2O2/c15-9-3-1-2-4-11(9)18-13(20)14(21)19-12-6-5-8(16)7-10(12)17/h1-7H,(H,18,20)(H,19,21). The van der Waals surface area contributed by atoms with Gasteiger partial charge in [0.2, 0.25) is 0 Å². The molecule has 0 radical (unpaired) electrons. The number of rotatable bonds is 2. The van der Waals surface area contributed by atoms with Crippen LogP contribution in [-0.2, 0) is 9.59 Å². The third-order valence-electron chi connectivity index (χ3n) is 2.51. The summed E-state index contributed by atoms with van der Waals surface area (Å²) in [6.45, 7) is 0. The maximum absolute atomic E-state index is 11.8. The predicted octanol–water partition coefficient (Wildman–Crippen LogP) is 4.33. The van der Waals surface area contributed by atoms with Gasteiger partial charge < -0.3 is 10.6 Å². The molecule has 2 aromatic carbocycles. The van der Waals surface area contributed by atoms with E-state index in [9.17, 15) is 9.59 Å². The van der Waals surface area contributed by atoms with Crippen LogP contribution >= 0.6 is 39.1 Å². The van der Waals surface area contributed by atoms with E-state index in [-0.39, 0.29) is 5.02 Å². The Morgan fingerprint density at radius 2 is 1.52 bits per heavy atom. The summed E-state index contributed by atoms with van der Waals surface area (Å²) in [6, 6.07) is 11.5. The van der Waals surface area contributed by atoms with Crippen LogP contribution in [0.4, 0.5) is 11.4 Å². The molecule has 7 heteroatoms. The van der Waals surface area contributed by atoms with Gasteiger partial charge in [0.25, 0.3) is 0 Å². The van der Waals surface area contributed by atoms with Crippen molar-refractivity contribution in [2.75, 3.05) is 10.6 Å². The monoisotopic (exact) mass is 386 g/mol. The van der Waals surface area contributed by atoms with Gasteiger partial charge in [-0.1, -0.05) is 35.3 Å². The van der Waals surface area contributed by atoms with Crippen molar-refractivity contribution < 1.29 is 9.59 Å². The molecule has 0 saturated heterocycles. The largest absolute Gasteiger partial charge is 0.317 e. The Bertz CT molecular complexity index is 707. The van der Waals surface area contributed by atoms with E-state index in [1.807, 2.05) is 0 Å². The van der Waals surface area contributed by atoms with Crippen LogP contribution in [0.15, 0.2) is 46.9 Å². The number of hydrogen-bond acceptors (Lipinski definition) is 2. The van der Waals surface area contributed by atoms with Crippen LogP contribution in [0.25, 0.3) is 0 Å². The number of carbonyl (C=O) groups is 2. The Kier molecular flexibility index (Phi) is 5.22. The minimum Gasteiger partial charge on any atom is -0.317 e. The number of anilines is 2. The number of nitrogens with one attached hydrogen (secondary N) is 2. The zero-order valence-corrected chi connectivity index (χ0v) is 13.6. The number of halogens is 3. The maximum Gasteiger partial charge on any atom is 0.314 e. The molecule has 0 unspecified atom stereocenters. The van der Waals surface area contributed by atoms with Crippen LogP contribution in [0, 0.1) is 0 Å². The quantitative estimate of drug-likeness (QED) is 0.753.